The second kappa shape index (κ2) is 6.68. The van der Waals surface area contributed by atoms with Gasteiger partial charge >= 0.3 is 0 Å². The number of likely N-dealkylation sites (tertiary alicyclic amines) is 1. The third-order valence-corrected chi connectivity index (χ3v) is 3.75. The van der Waals surface area contributed by atoms with Crippen molar-refractivity contribution in [2.75, 3.05) is 20.2 Å². The molecule has 0 bridgehead atoms. The molecule has 1 aliphatic rings. The van der Waals surface area contributed by atoms with Crippen LogP contribution in [0.25, 0.3) is 0 Å². The lowest BCUT2D eigenvalue weighted by atomic mass is 10.0. The molecule has 0 spiro atoms. The second-order valence-corrected chi connectivity index (χ2v) is 5.04. The van der Waals surface area contributed by atoms with Crippen LogP contribution in [0.3, 0.4) is 0 Å². The lowest BCUT2D eigenvalue weighted by molar-refractivity contribution is -0.133. The second-order valence-electron chi connectivity index (χ2n) is 5.04. The smallest absolute Gasteiger partial charge is 0.224 e. The maximum Gasteiger partial charge on any atom is 0.224 e. The molecule has 1 amide bonds. The summed E-state index contributed by atoms with van der Waals surface area (Å²) in [5, 5.41) is 0. The molecule has 0 aliphatic carbocycles. The number of amides is 1. The zero-order valence-corrected chi connectivity index (χ0v) is 11.4. The number of ether oxygens (including phenoxy) is 1. The van der Waals surface area contributed by atoms with Crippen LogP contribution >= 0.6 is 0 Å². The predicted octanol–water partition coefficient (Wildman–Crippen LogP) is 1.71. The van der Waals surface area contributed by atoms with Crippen molar-refractivity contribution in [3.05, 3.63) is 35.9 Å². The first-order chi connectivity index (χ1) is 9.20. The molecule has 1 aromatic carbocycles. The third kappa shape index (κ3) is 3.78. The van der Waals surface area contributed by atoms with Crippen molar-refractivity contribution >= 4 is 5.91 Å². The van der Waals surface area contributed by atoms with Crippen LogP contribution < -0.4 is 5.73 Å². The maximum atomic E-state index is 12.2. The van der Waals surface area contributed by atoms with Crippen LogP contribution in [0.2, 0.25) is 0 Å². The number of methoxy groups -OCH3 is 1. The average Bonchev–Trinajstić information content (AvgIpc) is 2.48. The summed E-state index contributed by atoms with van der Waals surface area (Å²) in [5.74, 6) is 0.144. The van der Waals surface area contributed by atoms with E-state index in [9.17, 15) is 4.79 Å². The Bertz CT molecular complexity index is 400. The van der Waals surface area contributed by atoms with Gasteiger partial charge in [0, 0.05) is 32.7 Å². The van der Waals surface area contributed by atoms with Gasteiger partial charge in [0.2, 0.25) is 5.91 Å². The number of benzene rings is 1. The summed E-state index contributed by atoms with van der Waals surface area (Å²) in [4.78, 5) is 14.1. The molecule has 0 radical (unpaired) electrons. The molecule has 104 valence electrons. The van der Waals surface area contributed by atoms with Crippen LogP contribution in [0.4, 0.5) is 0 Å². The van der Waals surface area contributed by atoms with Crippen LogP contribution in [0.1, 0.15) is 30.9 Å². The number of nitrogens with two attached hydrogens (primary N) is 1. The highest BCUT2D eigenvalue weighted by molar-refractivity contribution is 5.77. The third-order valence-electron chi connectivity index (χ3n) is 3.75. The molecular weight excluding hydrogens is 240 g/mol. The molecule has 2 N–H and O–H groups in total. The van der Waals surface area contributed by atoms with Gasteiger partial charge in [0.25, 0.3) is 0 Å². The van der Waals surface area contributed by atoms with Gasteiger partial charge in [-0.2, -0.15) is 0 Å². The van der Waals surface area contributed by atoms with Crippen LogP contribution in [0, 0.1) is 0 Å². The summed E-state index contributed by atoms with van der Waals surface area (Å²) in [6.45, 7) is 1.55. The molecule has 2 rings (SSSR count). The number of rotatable bonds is 4. The van der Waals surface area contributed by atoms with E-state index >= 15 is 0 Å². The fourth-order valence-corrected chi connectivity index (χ4v) is 2.48. The van der Waals surface area contributed by atoms with Crippen LogP contribution in [0.5, 0.6) is 0 Å². The molecule has 19 heavy (non-hydrogen) atoms. The van der Waals surface area contributed by atoms with Crippen molar-refractivity contribution in [2.24, 2.45) is 5.73 Å². The lowest BCUT2D eigenvalue weighted by Gasteiger charge is -2.32. The van der Waals surface area contributed by atoms with E-state index in [2.05, 4.69) is 0 Å². The van der Waals surface area contributed by atoms with E-state index < -0.39 is 0 Å². The quantitative estimate of drug-likeness (QED) is 0.898. The van der Waals surface area contributed by atoms with Gasteiger partial charge in [0.15, 0.2) is 0 Å². The topological polar surface area (TPSA) is 55.6 Å². The van der Waals surface area contributed by atoms with Crippen molar-refractivity contribution in [3.63, 3.8) is 0 Å². The molecule has 1 atom stereocenters. The van der Waals surface area contributed by atoms with Crippen molar-refractivity contribution in [3.8, 4) is 0 Å². The van der Waals surface area contributed by atoms with E-state index in [0.29, 0.717) is 12.5 Å². The summed E-state index contributed by atoms with van der Waals surface area (Å²) >= 11 is 0. The van der Waals surface area contributed by atoms with Crippen LogP contribution in [0.15, 0.2) is 30.3 Å². The molecule has 0 saturated carbocycles. The maximum absolute atomic E-state index is 12.2. The van der Waals surface area contributed by atoms with E-state index in [1.807, 2.05) is 35.2 Å². The van der Waals surface area contributed by atoms with Crippen molar-refractivity contribution in [1.29, 1.82) is 0 Å². The fraction of sp³-hybridized carbons (Fsp3) is 0.533. The van der Waals surface area contributed by atoms with Crippen LogP contribution in [-0.2, 0) is 9.53 Å². The molecule has 1 aliphatic heterocycles. The zero-order valence-electron chi connectivity index (χ0n) is 11.4. The molecule has 0 aromatic heterocycles. The minimum Gasteiger partial charge on any atom is -0.381 e. The van der Waals surface area contributed by atoms with E-state index in [1.165, 1.54) is 0 Å². The number of carbonyl (C=O) groups is 1. The number of hydrogen-bond acceptors (Lipinski definition) is 3. The molecule has 1 fully saturated rings. The van der Waals surface area contributed by atoms with Gasteiger partial charge in [-0.1, -0.05) is 30.3 Å². The van der Waals surface area contributed by atoms with Gasteiger partial charge in [0.05, 0.1) is 6.10 Å². The molecule has 1 unspecified atom stereocenters. The largest absolute Gasteiger partial charge is 0.381 e. The zero-order chi connectivity index (χ0) is 13.7. The van der Waals surface area contributed by atoms with Crippen molar-refractivity contribution < 1.29 is 9.53 Å². The molecule has 1 heterocycles. The molecule has 1 aromatic rings. The van der Waals surface area contributed by atoms with E-state index in [0.717, 1.165) is 31.5 Å². The number of piperidine rings is 1. The van der Waals surface area contributed by atoms with E-state index in [-0.39, 0.29) is 11.9 Å². The Morgan fingerprint density at radius 1 is 1.37 bits per heavy atom. The minimum atomic E-state index is -0.214. The molecule has 4 heteroatoms. The Balaban J connectivity index is 1.84. The summed E-state index contributed by atoms with van der Waals surface area (Å²) in [5.41, 5.74) is 7.10. The van der Waals surface area contributed by atoms with E-state index in [1.54, 1.807) is 7.11 Å². The van der Waals surface area contributed by atoms with Gasteiger partial charge in [-0.15, -0.1) is 0 Å². The predicted molar refractivity (Wildman–Crippen MR) is 74.6 cm³/mol. The standard InChI is InChI=1S/C15H22N2O2/c1-19-13-7-9-17(10-8-13)15(18)11-14(16)12-5-3-2-4-6-12/h2-6,13-14H,7-11,16H2,1H3. The van der Waals surface area contributed by atoms with Gasteiger partial charge in [0.1, 0.15) is 0 Å². The minimum absolute atomic E-state index is 0.144. The van der Waals surface area contributed by atoms with Gasteiger partial charge < -0.3 is 15.4 Å². The number of hydrogen-bond donors (Lipinski definition) is 1. The summed E-state index contributed by atoms with van der Waals surface area (Å²) in [6, 6.07) is 9.57. The summed E-state index contributed by atoms with van der Waals surface area (Å²) < 4.78 is 5.31. The van der Waals surface area contributed by atoms with Gasteiger partial charge in [-0.3, -0.25) is 4.79 Å². The summed E-state index contributed by atoms with van der Waals surface area (Å²) in [6.07, 6.45) is 2.51. The first-order valence-electron chi connectivity index (χ1n) is 6.82. The first-order valence-corrected chi connectivity index (χ1v) is 6.82. The van der Waals surface area contributed by atoms with E-state index in [4.69, 9.17) is 10.5 Å². The lowest BCUT2D eigenvalue weighted by Crippen LogP contribution is -2.41. The fourth-order valence-electron chi connectivity index (χ4n) is 2.48. The highest BCUT2D eigenvalue weighted by Gasteiger charge is 2.23. The first kappa shape index (κ1) is 14.0. The molecule has 4 nitrogen and oxygen atoms in total. The normalized spacial score (nSPS) is 18.3. The van der Waals surface area contributed by atoms with Gasteiger partial charge in [-0.25, -0.2) is 0 Å². The highest BCUT2D eigenvalue weighted by atomic mass is 16.5. The van der Waals surface area contributed by atoms with Crippen LogP contribution in [-0.4, -0.2) is 37.1 Å². The monoisotopic (exact) mass is 262 g/mol. The molecular formula is C15H22N2O2. The van der Waals surface area contributed by atoms with Gasteiger partial charge in [-0.05, 0) is 18.4 Å². The Labute approximate surface area is 114 Å². The molecule has 1 saturated heterocycles. The number of carbonyl (C=O) groups excluding carboxylic acids is 1. The Kier molecular flexibility index (Phi) is 4.93. The van der Waals surface area contributed by atoms with Crippen molar-refractivity contribution in [1.82, 2.24) is 4.90 Å². The highest BCUT2D eigenvalue weighted by Crippen LogP contribution is 2.18. The number of nitrogens with zero attached hydrogens (tertiary/aromatic N) is 1. The summed E-state index contributed by atoms with van der Waals surface area (Å²) in [7, 11) is 1.73. The average molecular weight is 262 g/mol. The van der Waals surface area contributed by atoms with Crippen molar-refractivity contribution in [2.45, 2.75) is 31.4 Å². The Morgan fingerprint density at radius 3 is 2.58 bits per heavy atom. The SMILES string of the molecule is COC1CCN(C(=O)CC(N)c2ccccc2)CC1. The Morgan fingerprint density at radius 2 is 2.00 bits per heavy atom. The Hall–Kier alpha value is -1.39.